The number of aliphatic hydroxyl groups excluding tert-OH is 1. The third-order valence-electron chi connectivity index (χ3n) is 4.50. The van der Waals surface area contributed by atoms with Crippen molar-refractivity contribution in [3.63, 3.8) is 0 Å². The summed E-state index contributed by atoms with van der Waals surface area (Å²) in [5.74, 6) is -0.401. The highest BCUT2D eigenvalue weighted by molar-refractivity contribution is 9.10. The van der Waals surface area contributed by atoms with Gasteiger partial charge in [-0.25, -0.2) is 4.39 Å². The maximum absolute atomic E-state index is 13.3. The molecule has 0 aliphatic heterocycles. The van der Waals surface area contributed by atoms with E-state index in [9.17, 15) is 14.6 Å². The summed E-state index contributed by atoms with van der Waals surface area (Å²) in [6.07, 6.45) is 0.258. The summed E-state index contributed by atoms with van der Waals surface area (Å²) in [6, 6.07) is 4.26. The molecule has 0 aromatic heterocycles. The van der Waals surface area contributed by atoms with Gasteiger partial charge in [0.2, 0.25) is 0 Å². The van der Waals surface area contributed by atoms with Gasteiger partial charge >= 0.3 is 0 Å². The normalized spacial score (nSPS) is 15.7. The molecule has 0 spiro atoms. The summed E-state index contributed by atoms with van der Waals surface area (Å²) in [5, 5.41) is 20.3. The predicted molar refractivity (Wildman–Crippen MR) is 92.8 cm³/mol. The van der Waals surface area contributed by atoms with Crippen molar-refractivity contribution < 1.29 is 19.0 Å². The number of hydrogen-bond donors (Lipinski definition) is 2. The molecule has 1 aromatic rings. The molecule has 1 atom stereocenters. The molecule has 1 rings (SSSR count). The average Bonchev–Trinajstić information content (AvgIpc) is 2.40. The van der Waals surface area contributed by atoms with E-state index >= 15 is 0 Å². The molecular weight excluding hydrogens is 367 g/mol. The lowest BCUT2D eigenvalue weighted by atomic mass is 9.92. The van der Waals surface area contributed by atoms with E-state index in [2.05, 4.69) is 49.8 Å². The number of rotatable bonds is 6. The maximum Gasteiger partial charge on any atom is 0.191 e. The van der Waals surface area contributed by atoms with Gasteiger partial charge in [0.25, 0.3) is 0 Å². The molecule has 3 nitrogen and oxygen atoms in total. The van der Waals surface area contributed by atoms with E-state index in [0.717, 1.165) is 0 Å². The molecule has 0 aliphatic rings. The molecule has 0 radical (unpaired) electrons. The first-order valence-electron chi connectivity index (χ1n) is 7.36. The number of aliphatic hydroxyl groups is 2. The van der Waals surface area contributed by atoms with Gasteiger partial charge in [0.15, 0.2) is 8.32 Å². The van der Waals surface area contributed by atoms with E-state index < -0.39 is 26.3 Å². The standard InChI is InChI=1S/C16H26BrFO3Si/c1-15(2,3)22(4,5)21-9-8-16(20,11-19)12-6-7-14(18)13(17)10-12/h6-7,10,19-20H,8-9,11H2,1-5H3/t16-/m0/s1. The first-order valence-corrected chi connectivity index (χ1v) is 11.1. The fourth-order valence-electron chi connectivity index (χ4n) is 1.79. The minimum absolute atomic E-state index is 0.0865. The predicted octanol–water partition coefficient (Wildman–Crippen LogP) is 4.18. The van der Waals surface area contributed by atoms with E-state index in [4.69, 9.17) is 4.43 Å². The van der Waals surface area contributed by atoms with Crippen molar-refractivity contribution in [1.82, 2.24) is 0 Å². The Morgan fingerprint density at radius 3 is 2.32 bits per heavy atom. The Morgan fingerprint density at radius 2 is 1.86 bits per heavy atom. The van der Waals surface area contributed by atoms with Crippen molar-refractivity contribution in [1.29, 1.82) is 0 Å². The molecule has 0 fully saturated rings. The van der Waals surface area contributed by atoms with Crippen LogP contribution >= 0.6 is 15.9 Å². The molecule has 0 unspecified atom stereocenters. The first-order chi connectivity index (χ1) is 9.93. The molecule has 0 amide bonds. The largest absolute Gasteiger partial charge is 0.417 e. The average molecular weight is 393 g/mol. The zero-order chi connectivity index (χ0) is 17.2. The number of hydrogen-bond acceptors (Lipinski definition) is 3. The third-order valence-corrected chi connectivity index (χ3v) is 9.65. The Balaban J connectivity index is 2.81. The molecule has 126 valence electrons. The Hall–Kier alpha value is -0.273. The van der Waals surface area contributed by atoms with Crippen LogP contribution in [0.15, 0.2) is 22.7 Å². The summed E-state index contributed by atoms with van der Waals surface area (Å²) in [4.78, 5) is 0. The summed E-state index contributed by atoms with van der Waals surface area (Å²) in [7, 11) is -1.90. The van der Waals surface area contributed by atoms with Crippen LogP contribution in [-0.2, 0) is 10.0 Å². The van der Waals surface area contributed by atoms with Crippen LogP contribution in [0.3, 0.4) is 0 Å². The molecule has 0 heterocycles. The minimum Gasteiger partial charge on any atom is -0.417 e. The Kier molecular flexibility index (Phi) is 6.37. The number of benzene rings is 1. The van der Waals surface area contributed by atoms with Crippen molar-refractivity contribution in [2.75, 3.05) is 13.2 Å². The second-order valence-corrected chi connectivity index (χ2v) is 12.8. The quantitative estimate of drug-likeness (QED) is 0.713. The van der Waals surface area contributed by atoms with Crippen LogP contribution in [0.25, 0.3) is 0 Å². The van der Waals surface area contributed by atoms with Gasteiger partial charge < -0.3 is 14.6 Å². The summed E-state index contributed by atoms with van der Waals surface area (Å²) in [6.45, 7) is 10.6. The molecule has 6 heteroatoms. The lowest BCUT2D eigenvalue weighted by Gasteiger charge is -2.37. The van der Waals surface area contributed by atoms with Crippen molar-refractivity contribution in [2.45, 2.75) is 50.9 Å². The van der Waals surface area contributed by atoms with Crippen molar-refractivity contribution in [2.24, 2.45) is 0 Å². The van der Waals surface area contributed by atoms with Crippen LogP contribution in [0.5, 0.6) is 0 Å². The molecule has 2 N–H and O–H groups in total. The molecule has 0 aliphatic carbocycles. The lowest BCUT2D eigenvalue weighted by molar-refractivity contribution is -0.0356. The second kappa shape index (κ2) is 7.09. The van der Waals surface area contributed by atoms with Crippen molar-refractivity contribution in [3.8, 4) is 0 Å². The van der Waals surface area contributed by atoms with E-state index in [-0.39, 0.29) is 15.9 Å². The first kappa shape index (κ1) is 19.8. The molecule has 22 heavy (non-hydrogen) atoms. The van der Waals surface area contributed by atoms with Gasteiger partial charge in [-0.15, -0.1) is 0 Å². The van der Waals surface area contributed by atoms with Gasteiger partial charge in [0.05, 0.1) is 11.1 Å². The monoisotopic (exact) mass is 392 g/mol. The van der Waals surface area contributed by atoms with Crippen molar-refractivity contribution >= 4 is 24.2 Å². The van der Waals surface area contributed by atoms with Crippen LogP contribution in [0, 0.1) is 5.82 Å². The van der Waals surface area contributed by atoms with Crippen LogP contribution in [-0.4, -0.2) is 31.7 Å². The van der Waals surface area contributed by atoms with E-state index in [1.165, 1.54) is 18.2 Å². The Morgan fingerprint density at radius 1 is 1.27 bits per heavy atom. The van der Waals surface area contributed by atoms with Crippen LogP contribution in [0.4, 0.5) is 4.39 Å². The summed E-state index contributed by atoms with van der Waals surface area (Å²) < 4.78 is 19.6. The van der Waals surface area contributed by atoms with E-state index in [1.807, 2.05) is 0 Å². The van der Waals surface area contributed by atoms with Crippen LogP contribution in [0.1, 0.15) is 32.8 Å². The molecular formula is C16H26BrFO3Si. The molecule has 0 bridgehead atoms. The van der Waals surface area contributed by atoms with E-state index in [1.54, 1.807) is 0 Å². The Bertz CT molecular complexity index is 517. The molecule has 0 saturated carbocycles. The van der Waals surface area contributed by atoms with Gasteiger partial charge in [-0.2, -0.15) is 0 Å². The highest BCUT2D eigenvalue weighted by Gasteiger charge is 2.38. The van der Waals surface area contributed by atoms with Gasteiger partial charge in [0, 0.05) is 13.0 Å². The van der Waals surface area contributed by atoms with Crippen LogP contribution in [0.2, 0.25) is 18.1 Å². The zero-order valence-electron chi connectivity index (χ0n) is 13.9. The van der Waals surface area contributed by atoms with E-state index in [0.29, 0.717) is 12.2 Å². The van der Waals surface area contributed by atoms with Gasteiger partial charge in [-0.05, 0) is 51.8 Å². The van der Waals surface area contributed by atoms with Crippen molar-refractivity contribution in [3.05, 3.63) is 34.1 Å². The Labute approximate surface area is 141 Å². The lowest BCUT2D eigenvalue weighted by Crippen LogP contribution is -2.42. The second-order valence-electron chi connectivity index (χ2n) is 7.18. The topological polar surface area (TPSA) is 49.7 Å². The molecule has 0 saturated heterocycles. The zero-order valence-corrected chi connectivity index (χ0v) is 16.5. The van der Waals surface area contributed by atoms with Crippen LogP contribution < -0.4 is 0 Å². The van der Waals surface area contributed by atoms with Gasteiger partial charge in [-0.1, -0.05) is 26.8 Å². The molecule has 1 aromatic carbocycles. The SMILES string of the molecule is CC(C)(C)[Si](C)(C)OCC[C@](O)(CO)c1ccc(F)c(Br)c1. The summed E-state index contributed by atoms with van der Waals surface area (Å²) >= 11 is 3.10. The maximum atomic E-state index is 13.3. The smallest absolute Gasteiger partial charge is 0.191 e. The minimum atomic E-state index is -1.90. The highest BCUT2D eigenvalue weighted by Crippen LogP contribution is 2.37. The highest BCUT2D eigenvalue weighted by atomic mass is 79.9. The van der Waals surface area contributed by atoms with Gasteiger partial charge in [0.1, 0.15) is 11.4 Å². The number of halogens is 2. The van der Waals surface area contributed by atoms with Gasteiger partial charge in [-0.3, -0.25) is 0 Å². The fourth-order valence-corrected chi connectivity index (χ4v) is 3.22. The fraction of sp³-hybridized carbons (Fsp3) is 0.625. The third kappa shape index (κ3) is 4.61. The summed E-state index contributed by atoms with van der Waals surface area (Å²) in [5.41, 5.74) is -0.958.